The Labute approximate surface area is 143 Å². The zero-order valence-electron chi connectivity index (χ0n) is 15.4. The molecule has 1 saturated heterocycles. The predicted octanol–water partition coefficient (Wildman–Crippen LogP) is 1.89. The average Bonchev–Trinajstić information content (AvgIpc) is 2.50. The van der Waals surface area contributed by atoms with Gasteiger partial charge in [-0.15, -0.1) is 0 Å². The van der Waals surface area contributed by atoms with Crippen LogP contribution in [-0.4, -0.2) is 58.2 Å². The van der Waals surface area contributed by atoms with Crippen LogP contribution in [0.2, 0.25) is 0 Å². The molecule has 1 heterocycles. The zero-order chi connectivity index (χ0) is 18.5. The summed E-state index contributed by atoms with van der Waals surface area (Å²) in [5.41, 5.74) is -0.969. The van der Waals surface area contributed by atoms with E-state index < -0.39 is 23.6 Å². The number of hydrogen-bond acceptors (Lipinski definition) is 7. The van der Waals surface area contributed by atoms with E-state index in [4.69, 9.17) is 4.74 Å². The van der Waals surface area contributed by atoms with E-state index in [1.165, 1.54) is 12.2 Å². The van der Waals surface area contributed by atoms with E-state index in [-0.39, 0.29) is 30.9 Å². The van der Waals surface area contributed by atoms with Crippen LogP contribution in [0.15, 0.2) is 0 Å². The molecular weight excluding hydrogens is 314 g/mol. The van der Waals surface area contributed by atoms with Crippen molar-refractivity contribution < 1.29 is 29.4 Å². The molecule has 2 unspecified atom stereocenters. The highest BCUT2D eigenvalue weighted by molar-refractivity contribution is 5.77. The van der Waals surface area contributed by atoms with Gasteiger partial charge in [-0.3, -0.25) is 9.59 Å². The van der Waals surface area contributed by atoms with Gasteiger partial charge in [-0.1, -0.05) is 0 Å². The highest BCUT2D eigenvalue weighted by Crippen LogP contribution is 2.43. The summed E-state index contributed by atoms with van der Waals surface area (Å²) in [6.45, 7) is 7.63. The molecule has 0 aromatic heterocycles. The standard InChI is InChI=1S/C17H31NO6/c1-16(2)10-8-12(17(3,4)18(16)22)13(9-11-19)24-15(21)7-6-14(20)23-5/h12-13,19,22H,6-11H2,1-5H3. The van der Waals surface area contributed by atoms with Crippen LogP contribution in [0.3, 0.4) is 0 Å². The molecule has 1 rings (SSSR count). The van der Waals surface area contributed by atoms with Crippen LogP contribution in [0.4, 0.5) is 0 Å². The van der Waals surface area contributed by atoms with Crippen LogP contribution in [0.1, 0.15) is 59.8 Å². The fourth-order valence-electron chi connectivity index (χ4n) is 3.55. The van der Waals surface area contributed by atoms with Gasteiger partial charge in [-0.05, 0) is 40.5 Å². The maximum absolute atomic E-state index is 12.0. The highest BCUT2D eigenvalue weighted by Gasteiger charge is 2.50. The Morgan fingerprint density at radius 2 is 1.79 bits per heavy atom. The highest BCUT2D eigenvalue weighted by atomic mass is 16.5. The molecule has 7 nitrogen and oxygen atoms in total. The van der Waals surface area contributed by atoms with Crippen LogP contribution in [0.5, 0.6) is 0 Å². The fraction of sp³-hybridized carbons (Fsp3) is 0.882. The summed E-state index contributed by atoms with van der Waals surface area (Å²) in [5.74, 6) is -1.08. The van der Waals surface area contributed by atoms with Gasteiger partial charge in [0, 0.05) is 30.0 Å². The van der Waals surface area contributed by atoms with Crippen molar-refractivity contribution in [2.75, 3.05) is 13.7 Å². The molecule has 2 N–H and O–H groups in total. The summed E-state index contributed by atoms with van der Waals surface area (Å²) in [7, 11) is 1.27. The van der Waals surface area contributed by atoms with Gasteiger partial charge in [0.05, 0.1) is 20.0 Å². The predicted molar refractivity (Wildman–Crippen MR) is 87.3 cm³/mol. The van der Waals surface area contributed by atoms with Crippen molar-refractivity contribution >= 4 is 11.9 Å². The van der Waals surface area contributed by atoms with Crippen LogP contribution < -0.4 is 0 Å². The van der Waals surface area contributed by atoms with Gasteiger partial charge >= 0.3 is 11.9 Å². The SMILES string of the molecule is COC(=O)CCC(=O)OC(CCO)C1CCC(C)(C)N(O)C1(C)C. The lowest BCUT2D eigenvalue weighted by Gasteiger charge is -2.54. The maximum Gasteiger partial charge on any atom is 0.306 e. The lowest BCUT2D eigenvalue weighted by molar-refractivity contribution is -0.270. The monoisotopic (exact) mass is 345 g/mol. The van der Waals surface area contributed by atoms with E-state index in [1.807, 2.05) is 27.7 Å². The van der Waals surface area contributed by atoms with Gasteiger partial charge in [-0.2, -0.15) is 5.06 Å². The second-order valence-electron chi connectivity index (χ2n) is 7.54. The number of hydrogen-bond donors (Lipinski definition) is 2. The van der Waals surface area contributed by atoms with Crippen LogP contribution in [0, 0.1) is 5.92 Å². The number of piperidine rings is 1. The van der Waals surface area contributed by atoms with E-state index in [0.717, 1.165) is 12.8 Å². The Bertz CT molecular complexity index is 448. The molecule has 0 spiro atoms. The quantitative estimate of drug-likeness (QED) is 0.680. The second-order valence-corrected chi connectivity index (χ2v) is 7.54. The topological polar surface area (TPSA) is 96.3 Å². The molecule has 1 aliphatic heterocycles. The van der Waals surface area contributed by atoms with Crippen molar-refractivity contribution in [3.8, 4) is 0 Å². The molecule has 0 radical (unpaired) electrons. The summed E-state index contributed by atoms with van der Waals surface area (Å²) < 4.78 is 10.0. The molecule has 1 aliphatic rings. The summed E-state index contributed by atoms with van der Waals surface area (Å²) in [6.07, 6.45) is 1.21. The minimum atomic E-state index is -0.607. The van der Waals surface area contributed by atoms with E-state index in [2.05, 4.69) is 4.74 Å². The zero-order valence-corrected chi connectivity index (χ0v) is 15.4. The minimum Gasteiger partial charge on any atom is -0.469 e. The van der Waals surface area contributed by atoms with Crippen LogP contribution >= 0.6 is 0 Å². The third-order valence-electron chi connectivity index (χ3n) is 5.00. The van der Waals surface area contributed by atoms with Crippen LogP contribution in [-0.2, 0) is 19.1 Å². The number of aliphatic hydroxyl groups is 1. The molecule has 0 aliphatic carbocycles. The Kier molecular flexibility index (Phi) is 7.19. The van der Waals surface area contributed by atoms with Crippen molar-refractivity contribution in [2.45, 2.75) is 77.0 Å². The number of aliphatic hydroxyl groups excluding tert-OH is 1. The van der Waals surface area contributed by atoms with Crippen molar-refractivity contribution in [3.63, 3.8) is 0 Å². The summed E-state index contributed by atoms with van der Waals surface area (Å²) >= 11 is 0. The molecule has 0 aromatic carbocycles. The first-order valence-corrected chi connectivity index (χ1v) is 8.42. The van der Waals surface area contributed by atoms with E-state index >= 15 is 0 Å². The maximum atomic E-state index is 12.0. The van der Waals surface area contributed by atoms with Crippen molar-refractivity contribution in [1.82, 2.24) is 5.06 Å². The van der Waals surface area contributed by atoms with E-state index in [9.17, 15) is 19.9 Å². The number of carbonyl (C=O) groups excluding carboxylic acids is 2. The summed E-state index contributed by atoms with van der Waals surface area (Å²) in [5, 5.41) is 21.2. The third-order valence-corrected chi connectivity index (χ3v) is 5.00. The van der Waals surface area contributed by atoms with Gasteiger partial charge in [-0.25, -0.2) is 0 Å². The summed E-state index contributed by atoms with van der Waals surface area (Å²) in [4.78, 5) is 23.2. The van der Waals surface area contributed by atoms with E-state index in [0.29, 0.717) is 6.42 Å². The smallest absolute Gasteiger partial charge is 0.306 e. The Balaban J connectivity index is 2.80. The number of esters is 2. The van der Waals surface area contributed by atoms with Crippen molar-refractivity contribution in [3.05, 3.63) is 0 Å². The number of nitrogens with zero attached hydrogens (tertiary/aromatic N) is 1. The molecule has 24 heavy (non-hydrogen) atoms. The minimum absolute atomic E-state index is 0.0333. The van der Waals surface area contributed by atoms with Gasteiger partial charge < -0.3 is 19.8 Å². The number of rotatable bonds is 7. The Morgan fingerprint density at radius 3 is 2.33 bits per heavy atom. The summed E-state index contributed by atoms with van der Waals surface area (Å²) in [6, 6.07) is 0. The van der Waals surface area contributed by atoms with Crippen LogP contribution in [0.25, 0.3) is 0 Å². The first-order valence-electron chi connectivity index (χ1n) is 8.42. The lowest BCUT2D eigenvalue weighted by Crippen LogP contribution is -2.63. The molecule has 0 saturated carbocycles. The fourth-order valence-corrected chi connectivity index (χ4v) is 3.55. The number of methoxy groups -OCH3 is 1. The second kappa shape index (κ2) is 8.27. The molecular formula is C17H31NO6. The molecule has 0 amide bonds. The Morgan fingerprint density at radius 1 is 1.21 bits per heavy atom. The van der Waals surface area contributed by atoms with Gasteiger partial charge in [0.1, 0.15) is 6.10 Å². The molecule has 7 heteroatoms. The van der Waals surface area contributed by atoms with Gasteiger partial charge in [0.2, 0.25) is 0 Å². The number of hydroxylamine groups is 2. The van der Waals surface area contributed by atoms with E-state index in [1.54, 1.807) is 0 Å². The first kappa shape index (κ1) is 20.9. The average molecular weight is 345 g/mol. The molecule has 2 atom stereocenters. The molecule has 0 aromatic rings. The Hall–Kier alpha value is -1.18. The molecule has 0 bridgehead atoms. The molecule has 1 fully saturated rings. The van der Waals surface area contributed by atoms with Gasteiger partial charge in [0.15, 0.2) is 0 Å². The number of ether oxygens (including phenoxy) is 2. The first-order chi connectivity index (χ1) is 11.1. The lowest BCUT2D eigenvalue weighted by atomic mass is 9.71. The van der Waals surface area contributed by atoms with Crippen molar-refractivity contribution in [1.29, 1.82) is 0 Å². The third kappa shape index (κ3) is 4.91. The molecule has 140 valence electrons. The van der Waals surface area contributed by atoms with Gasteiger partial charge in [0.25, 0.3) is 0 Å². The van der Waals surface area contributed by atoms with Crippen molar-refractivity contribution in [2.24, 2.45) is 5.92 Å². The largest absolute Gasteiger partial charge is 0.469 e. The number of carbonyl (C=O) groups is 2. The normalized spacial score (nSPS) is 24.2.